The third kappa shape index (κ3) is 9.29. The summed E-state index contributed by atoms with van der Waals surface area (Å²) >= 11 is 0. The predicted octanol–water partition coefficient (Wildman–Crippen LogP) is 8.80. The Morgan fingerprint density at radius 1 is 0.543 bits per heavy atom. The largest absolute Gasteiger partial charge is 0.507 e. The second-order valence-electron chi connectivity index (χ2n) is 17.3. The van der Waals surface area contributed by atoms with Gasteiger partial charge in [0.15, 0.2) is 0 Å². The molecule has 0 aromatic heterocycles. The van der Waals surface area contributed by atoms with Crippen LogP contribution in [0, 0.1) is 0 Å². The number of nitrogens with one attached hydrogen (secondary N) is 2. The summed E-state index contributed by atoms with van der Waals surface area (Å²) in [5.74, 6) is 0.512. The zero-order valence-electron chi connectivity index (χ0n) is 31.5. The number of unbranched alkanes of at least 4 members (excludes halogenated alkanes) is 3. The summed E-state index contributed by atoms with van der Waals surface area (Å²) in [5.41, 5.74) is 2.25. The number of phenolic OH excluding ortho intramolecular Hbond substituents is 2. The van der Waals surface area contributed by atoms with E-state index in [1.165, 1.54) is 0 Å². The van der Waals surface area contributed by atoms with Crippen molar-refractivity contribution in [3.63, 3.8) is 0 Å². The smallest absolute Gasteiger partial charge is 0.234 e. The van der Waals surface area contributed by atoms with Crippen molar-refractivity contribution in [1.82, 2.24) is 10.6 Å². The van der Waals surface area contributed by atoms with E-state index in [0.29, 0.717) is 19.5 Å². The first-order valence-electron chi connectivity index (χ1n) is 17.2. The minimum atomic E-state index is -1.12. The lowest BCUT2D eigenvalue weighted by atomic mass is 9.68. The van der Waals surface area contributed by atoms with Crippen LogP contribution in [0.3, 0.4) is 0 Å². The summed E-state index contributed by atoms with van der Waals surface area (Å²) in [4.78, 5) is 26.1. The molecule has 0 radical (unpaired) electrons. The van der Waals surface area contributed by atoms with Gasteiger partial charge in [0.2, 0.25) is 11.8 Å². The standard InChI is InChI=1S/C40H64N2O4/c1-15-32(43)41-20-18-16-17-19-21-42-35(46)40(14,26-22-28(36(2,3)4)33(44)29(23-26)37(5,6)7)27-24-30(38(8,9)10)34(45)31(25-27)39(11,12)13/h22-25,44-45H,15-21H2,1-14H3,(H,41,43)(H,42,46). The Balaban J connectivity index is 2.74. The molecule has 0 spiro atoms. The van der Waals surface area contributed by atoms with Gasteiger partial charge in [-0.1, -0.05) is 127 Å². The van der Waals surface area contributed by atoms with Gasteiger partial charge < -0.3 is 20.8 Å². The Morgan fingerprint density at radius 2 is 0.848 bits per heavy atom. The number of carbonyl (C=O) groups excluding carboxylic acids is 2. The average molecular weight is 637 g/mol. The van der Waals surface area contributed by atoms with Crippen molar-refractivity contribution in [2.24, 2.45) is 0 Å². The summed E-state index contributed by atoms with van der Waals surface area (Å²) in [6, 6.07) is 8.04. The zero-order chi connectivity index (χ0) is 35.5. The maximum Gasteiger partial charge on any atom is 0.234 e. The quantitative estimate of drug-likeness (QED) is 0.185. The van der Waals surface area contributed by atoms with Crippen LogP contribution >= 0.6 is 0 Å². The number of hydrogen-bond donors (Lipinski definition) is 4. The second-order valence-corrected chi connectivity index (χ2v) is 17.3. The van der Waals surface area contributed by atoms with E-state index in [0.717, 1.165) is 59.1 Å². The maximum atomic E-state index is 14.6. The van der Waals surface area contributed by atoms with Crippen LogP contribution in [-0.4, -0.2) is 35.1 Å². The molecule has 0 bridgehead atoms. The summed E-state index contributed by atoms with van der Waals surface area (Å²) in [6.07, 6.45) is 4.16. The fourth-order valence-corrected chi connectivity index (χ4v) is 5.90. The van der Waals surface area contributed by atoms with Gasteiger partial charge in [-0.3, -0.25) is 9.59 Å². The third-order valence-electron chi connectivity index (χ3n) is 9.09. The Morgan fingerprint density at radius 3 is 1.13 bits per heavy atom. The van der Waals surface area contributed by atoms with Crippen LogP contribution < -0.4 is 10.6 Å². The van der Waals surface area contributed by atoms with Gasteiger partial charge >= 0.3 is 0 Å². The molecule has 0 atom stereocenters. The van der Waals surface area contributed by atoms with E-state index in [4.69, 9.17) is 0 Å². The van der Waals surface area contributed by atoms with Crippen molar-refractivity contribution in [2.75, 3.05) is 13.1 Å². The number of amides is 2. The van der Waals surface area contributed by atoms with Gasteiger partial charge in [-0.05, 0) is 74.8 Å². The number of carbonyl (C=O) groups is 2. The van der Waals surface area contributed by atoms with Gasteiger partial charge in [-0.25, -0.2) is 0 Å². The highest BCUT2D eigenvalue weighted by Crippen LogP contribution is 2.47. The van der Waals surface area contributed by atoms with Crippen LogP contribution in [0.4, 0.5) is 0 Å². The molecule has 2 aromatic rings. The highest BCUT2D eigenvalue weighted by molar-refractivity contribution is 5.92. The summed E-state index contributed by atoms with van der Waals surface area (Å²) in [7, 11) is 0. The van der Waals surface area contributed by atoms with Crippen molar-refractivity contribution in [2.45, 2.75) is 156 Å². The fraction of sp³-hybridized carbons (Fsp3) is 0.650. The van der Waals surface area contributed by atoms with Gasteiger partial charge in [0, 0.05) is 19.5 Å². The minimum Gasteiger partial charge on any atom is -0.507 e. The molecule has 6 nitrogen and oxygen atoms in total. The average Bonchev–Trinajstić information content (AvgIpc) is 2.91. The highest BCUT2D eigenvalue weighted by atomic mass is 16.3. The Hall–Kier alpha value is -3.02. The second kappa shape index (κ2) is 14.4. The van der Waals surface area contributed by atoms with Gasteiger partial charge in [-0.15, -0.1) is 0 Å². The van der Waals surface area contributed by atoms with Crippen molar-refractivity contribution >= 4 is 11.8 Å². The highest BCUT2D eigenvalue weighted by Gasteiger charge is 2.42. The zero-order valence-corrected chi connectivity index (χ0v) is 31.5. The van der Waals surface area contributed by atoms with Crippen molar-refractivity contribution in [1.29, 1.82) is 0 Å². The van der Waals surface area contributed by atoms with Crippen LogP contribution in [0.1, 0.15) is 162 Å². The number of rotatable bonds is 11. The first kappa shape index (κ1) is 39.2. The van der Waals surface area contributed by atoms with Gasteiger partial charge in [0.05, 0.1) is 5.41 Å². The van der Waals surface area contributed by atoms with E-state index in [1.807, 2.05) is 38.1 Å². The first-order valence-corrected chi connectivity index (χ1v) is 17.2. The molecule has 0 saturated heterocycles. The normalized spacial score (nSPS) is 13.1. The summed E-state index contributed by atoms with van der Waals surface area (Å²) < 4.78 is 0. The van der Waals surface area contributed by atoms with Gasteiger partial charge in [0.1, 0.15) is 11.5 Å². The molecule has 0 heterocycles. The van der Waals surface area contributed by atoms with Crippen LogP contribution in [0.2, 0.25) is 0 Å². The van der Waals surface area contributed by atoms with E-state index < -0.39 is 5.41 Å². The Labute approximate surface area is 280 Å². The molecule has 0 aliphatic carbocycles. The SMILES string of the molecule is CCC(=O)NCCCCCCNC(=O)C(C)(c1cc(C(C)(C)C)c(O)c(C(C)(C)C)c1)c1cc(C(C)(C)C)c(O)c(C(C)(C)C)c1. The lowest BCUT2D eigenvalue weighted by Gasteiger charge is -2.36. The van der Waals surface area contributed by atoms with E-state index in [2.05, 4.69) is 93.7 Å². The third-order valence-corrected chi connectivity index (χ3v) is 9.09. The monoisotopic (exact) mass is 636 g/mol. The van der Waals surface area contributed by atoms with E-state index in [1.54, 1.807) is 0 Å². The lowest BCUT2D eigenvalue weighted by Crippen LogP contribution is -2.44. The Bertz CT molecular complexity index is 1230. The molecule has 6 heteroatoms. The van der Waals surface area contributed by atoms with E-state index >= 15 is 0 Å². The molecule has 0 saturated carbocycles. The lowest BCUT2D eigenvalue weighted by molar-refractivity contribution is -0.125. The van der Waals surface area contributed by atoms with Crippen LogP contribution in [0.5, 0.6) is 11.5 Å². The molecule has 2 amide bonds. The molecule has 0 unspecified atom stereocenters. The van der Waals surface area contributed by atoms with E-state index in [9.17, 15) is 19.8 Å². The molecular weight excluding hydrogens is 572 g/mol. The molecule has 0 fully saturated rings. The molecule has 0 aliphatic rings. The number of phenols is 2. The fourth-order valence-electron chi connectivity index (χ4n) is 5.90. The van der Waals surface area contributed by atoms with E-state index in [-0.39, 0.29) is 45.0 Å². The summed E-state index contributed by atoms with van der Waals surface area (Å²) in [6.45, 7) is 30.0. The van der Waals surface area contributed by atoms with Crippen molar-refractivity contribution in [3.05, 3.63) is 57.6 Å². The molecule has 2 aromatic carbocycles. The van der Waals surface area contributed by atoms with Crippen LogP contribution in [0.25, 0.3) is 0 Å². The molecule has 0 aliphatic heterocycles. The molecule has 258 valence electrons. The molecule has 4 N–H and O–H groups in total. The molecular formula is C40H64N2O4. The molecule has 46 heavy (non-hydrogen) atoms. The van der Waals surface area contributed by atoms with Gasteiger partial charge in [-0.2, -0.15) is 0 Å². The first-order chi connectivity index (χ1) is 20.9. The summed E-state index contributed by atoms with van der Waals surface area (Å²) in [5, 5.41) is 29.3. The van der Waals surface area contributed by atoms with Crippen molar-refractivity contribution in [3.8, 4) is 11.5 Å². The van der Waals surface area contributed by atoms with Crippen LogP contribution in [-0.2, 0) is 36.7 Å². The van der Waals surface area contributed by atoms with Crippen LogP contribution in [0.15, 0.2) is 24.3 Å². The maximum absolute atomic E-state index is 14.6. The Kier molecular flexibility index (Phi) is 12.3. The predicted molar refractivity (Wildman–Crippen MR) is 192 cm³/mol. The minimum absolute atomic E-state index is 0.0727. The number of aromatic hydroxyl groups is 2. The molecule has 2 rings (SSSR count). The van der Waals surface area contributed by atoms with Gasteiger partial charge in [0.25, 0.3) is 0 Å². The number of benzene rings is 2. The number of hydrogen-bond acceptors (Lipinski definition) is 4. The topological polar surface area (TPSA) is 98.7 Å². The van der Waals surface area contributed by atoms with Crippen molar-refractivity contribution < 1.29 is 19.8 Å².